The highest BCUT2D eigenvalue weighted by Gasteiger charge is 1.98. The van der Waals surface area contributed by atoms with Crippen LogP contribution < -0.4 is 4.90 Å². The van der Waals surface area contributed by atoms with Crippen molar-refractivity contribution < 1.29 is 14.7 Å². The van der Waals surface area contributed by atoms with E-state index < -0.39 is 0 Å². The van der Waals surface area contributed by atoms with Gasteiger partial charge in [-0.15, -0.1) is 0 Å². The van der Waals surface area contributed by atoms with Gasteiger partial charge in [0.15, 0.2) is 0 Å². The maximum atomic E-state index is 8.53. The molecule has 1 atom stereocenters. The highest BCUT2D eigenvalue weighted by molar-refractivity contribution is 5.03. The topological polar surface area (TPSA) is 33.9 Å². The van der Waals surface area contributed by atoms with E-state index in [1.165, 1.54) is 4.90 Å². The minimum Gasteiger partial charge on any atom is -0.394 e. The van der Waals surface area contributed by atoms with Gasteiger partial charge in [-0.05, 0) is 26.7 Å². The summed E-state index contributed by atoms with van der Waals surface area (Å²) in [6.45, 7) is 9.74. The Kier molecular flexibility index (Phi) is 8.65. The fourth-order valence-corrected chi connectivity index (χ4v) is 1.09. The van der Waals surface area contributed by atoms with Gasteiger partial charge in [-0.3, -0.25) is 0 Å². The highest BCUT2D eigenvalue weighted by Crippen LogP contribution is 1.85. The normalized spacial score (nSPS) is 12.4. The lowest BCUT2D eigenvalue weighted by Crippen LogP contribution is -3.11. The van der Waals surface area contributed by atoms with Crippen LogP contribution in [0, 0.1) is 11.8 Å². The summed E-state index contributed by atoms with van der Waals surface area (Å²) in [6.07, 6.45) is -0.0721. The first-order valence-corrected chi connectivity index (χ1v) is 5.29. The van der Waals surface area contributed by atoms with Crippen molar-refractivity contribution in [3.8, 4) is 11.8 Å². The molecule has 0 aliphatic rings. The second-order valence-electron chi connectivity index (χ2n) is 3.19. The molecule has 3 nitrogen and oxygen atoms in total. The third-order valence-corrected chi connectivity index (χ3v) is 2.10. The molecule has 0 spiro atoms. The van der Waals surface area contributed by atoms with Crippen LogP contribution in [0.2, 0.25) is 0 Å². The van der Waals surface area contributed by atoms with Crippen LogP contribution in [0.1, 0.15) is 20.8 Å². The lowest BCUT2D eigenvalue weighted by Gasteiger charge is -2.11. The van der Waals surface area contributed by atoms with Gasteiger partial charge in [0.1, 0.15) is 12.6 Å². The number of aliphatic hydroxyl groups excluding tert-OH is 1. The molecule has 0 aromatic rings. The van der Waals surface area contributed by atoms with Crippen molar-refractivity contribution in [2.24, 2.45) is 0 Å². The zero-order valence-electron chi connectivity index (χ0n) is 9.47. The van der Waals surface area contributed by atoms with Gasteiger partial charge in [-0.25, -0.2) is 0 Å². The number of rotatable bonds is 6. The van der Waals surface area contributed by atoms with E-state index in [0.29, 0.717) is 6.61 Å². The van der Waals surface area contributed by atoms with Crippen molar-refractivity contribution >= 4 is 0 Å². The van der Waals surface area contributed by atoms with Crippen LogP contribution in [0.5, 0.6) is 0 Å². The molecule has 0 radical (unpaired) electrons. The molecule has 0 aliphatic carbocycles. The molecule has 0 rings (SSSR count). The van der Waals surface area contributed by atoms with E-state index in [9.17, 15) is 0 Å². The number of quaternary nitrogens is 1. The summed E-state index contributed by atoms with van der Waals surface area (Å²) in [5, 5.41) is 8.53. The number of hydrogen-bond donors (Lipinski definition) is 2. The van der Waals surface area contributed by atoms with Crippen LogP contribution in [-0.2, 0) is 4.74 Å². The average molecular weight is 200 g/mol. The van der Waals surface area contributed by atoms with Crippen LogP contribution in [0.4, 0.5) is 0 Å². The molecule has 14 heavy (non-hydrogen) atoms. The fourth-order valence-electron chi connectivity index (χ4n) is 1.09. The average Bonchev–Trinajstić information content (AvgIpc) is 2.21. The van der Waals surface area contributed by atoms with Gasteiger partial charge in [-0.2, -0.15) is 0 Å². The Morgan fingerprint density at radius 3 is 2.50 bits per heavy atom. The monoisotopic (exact) mass is 200 g/mol. The fraction of sp³-hybridized carbons (Fsp3) is 0.818. The van der Waals surface area contributed by atoms with E-state index in [2.05, 4.69) is 25.7 Å². The molecule has 0 fully saturated rings. The van der Waals surface area contributed by atoms with Gasteiger partial charge in [0.2, 0.25) is 0 Å². The molecule has 0 unspecified atom stereocenters. The Labute approximate surface area is 87.1 Å². The predicted molar refractivity (Wildman–Crippen MR) is 57.2 cm³/mol. The zero-order chi connectivity index (χ0) is 10.8. The molecule has 0 bridgehead atoms. The quantitative estimate of drug-likeness (QED) is 0.557. The molecule has 3 heteroatoms. The molecule has 2 N–H and O–H groups in total. The first-order valence-electron chi connectivity index (χ1n) is 5.29. The second-order valence-corrected chi connectivity index (χ2v) is 3.19. The molecule has 0 aromatic heterocycles. The van der Waals surface area contributed by atoms with Crippen molar-refractivity contribution in [2.75, 3.05) is 32.8 Å². The maximum Gasteiger partial charge on any atom is 0.139 e. The molecule has 0 saturated heterocycles. The Morgan fingerprint density at radius 2 is 2.00 bits per heavy atom. The van der Waals surface area contributed by atoms with Crippen LogP contribution in [-0.4, -0.2) is 44.1 Å². The molecule has 0 aromatic carbocycles. The molecular weight excluding hydrogens is 178 g/mol. The molecule has 0 heterocycles. The molecule has 0 saturated carbocycles. The van der Waals surface area contributed by atoms with Gasteiger partial charge in [0, 0.05) is 0 Å². The van der Waals surface area contributed by atoms with Crippen LogP contribution >= 0.6 is 0 Å². The van der Waals surface area contributed by atoms with Crippen molar-refractivity contribution in [2.45, 2.75) is 26.9 Å². The molecule has 82 valence electrons. The summed E-state index contributed by atoms with van der Waals surface area (Å²) in [6, 6.07) is 0. The number of hydrogen-bond acceptors (Lipinski definition) is 2. The third kappa shape index (κ3) is 6.90. The van der Waals surface area contributed by atoms with Crippen molar-refractivity contribution in [3.05, 3.63) is 0 Å². The Hall–Kier alpha value is -0.560. The first kappa shape index (κ1) is 13.4. The van der Waals surface area contributed by atoms with Crippen LogP contribution in [0.25, 0.3) is 0 Å². The molecule has 0 aliphatic heterocycles. The summed E-state index contributed by atoms with van der Waals surface area (Å²) >= 11 is 0. The highest BCUT2D eigenvalue weighted by atomic mass is 16.5. The van der Waals surface area contributed by atoms with Crippen molar-refractivity contribution in [1.82, 2.24) is 0 Å². The summed E-state index contributed by atoms with van der Waals surface area (Å²) in [7, 11) is 0. The van der Waals surface area contributed by atoms with E-state index in [1.54, 1.807) is 0 Å². The summed E-state index contributed by atoms with van der Waals surface area (Å²) < 4.78 is 5.21. The summed E-state index contributed by atoms with van der Waals surface area (Å²) in [5.74, 6) is 6.11. The van der Waals surface area contributed by atoms with E-state index in [-0.39, 0.29) is 12.7 Å². The number of ether oxygens (including phenoxy) is 1. The SMILES string of the molecule is CC[NH+](CC)CC#C[C@@H](C)OCCO. The van der Waals surface area contributed by atoms with Crippen molar-refractivity contribution in [3.63, 3.8) is 0 Å². The van der Waals surface area contributed by atoms with Gasteiger partial charge < -0.3 is 14.7 Å². The molecule has 0 amide bonds. The third-order valence-electron chi connectivity index (χ3n) is 2.10. The smallest absolute Gasteiger partial charge is 0.139 e. The minimum atomic E-state index is -0.0721. The minimum absolute atomic E-state index is 0.0628. The van der Waals surface area contributed by atoms with Gasteiger partial charge >= 0.3 is 0 Å². The summed E-state index contributed by atoms with van der Waals surface area (Å²) in [5.41, 5.74) is 0. The van der Waals surface area contributed by atoms with Gasteiger partial charge in [0.25, 0.3) is 0 Å². The largest absolute Gasteiger partial charge is 0.394 e. The number of aliphatic hydroxyl groups is 1. The Balaban J connectivity index is 3.68. The molecular formula is C11H22NO2+. The van der Waals surface area contributed by atoms with E-state index in [1.807, 2.05) is 6.92 Å². The van der Waals surface area contributed by atoms with E-state index in [0.717, 1.165) is 19.6 Å². The number of nitrogens with one attached hydrogen (secondary N) is 1. The standard InChI is InChI=1S/C11H21NO2/c1-4-12(5-2)8-6-7-11(3)14-10-9-13/h11,13H,4-5,8-10H2,1-3H3/p+1/t11-/m1/s1. The lowest BCUT2D eigenvalue weighted by atomic mass is 10.4. The predicted octanol–water partition coefficient (Wildman–Crippen LogP) is -0.688. The van der Waals surface area contributed by atoms with E-state index >= 15 is 0 Å². The summed E-state index contributed by atoms with van der Waals surface area (Å²) in [4.78, 5) is 1.48. The van der Waals surface area contributed by atoms with E-state index in [4.69, 9.17) is 9.84 Å². The Morgan fingerprint density at radius 1 is 1.36 bits per heavy atom. The zero-order valence-corrected chi connectivity index (χ0v) is 9.47. The maximum absolute atomic E-state index is 8.53. The second kappa shape index (κ2) is 9.01. The first-order chi connectivity index (χ1) is 6.74. The Bertz CT molecular complexity index is 179. The lowest BCUT2D eigenvalue weighted by molar-refractivity contribution is -0.889. The van der Waals surface area contributed by atoms with Gasteiger partial charge in [0.05, 0.1) is 26.3 Å². The van der Waals surface area contributed by atoms with Crippen LogP contribution in [0.3, 0.4) is 0 Å². The van der Waals surface area contributed by atoms with Crippen molar-refractivity contribution in [1.29, 1.82) is 0 Å². The van der Waals surface area contributed by atoms with Gasteiger partial charge in [-0.1, -0.05) is 5.92 Å². The van der Waals surface area contributed by atoms with Crippen LogP contribution in [0.15, 0.2) is 0 Å².